The minimum absolute atomic E-state index is 0.406. The van der Waals surface area contributed by atoms with E-state index in [1.807, 2.05) is 6.07 Å². The summed E-state index contributed by atoms with van der Waals surface area (Å²) in [6.07, 6.45) is 9.79. The number of nitrogens with zero attached hydrogens (tertiary/aromatic N) is 2. The number of rotatable bonds is 9. The van der Waals surface area contributed by atoms with E-state index in [1.54, 1.807) is 19.5 Å². The van der Waals surface area contributed by atoms with Gasteiger partial charge in [-0.05, 0) is 59.7 Å². The van der Waals surface area contributed by atoms with Crippen molar-refractivity contribution in [1.29, 1.82) is 0 Å². The van der Waals surface area contributed by atoms with Gasteiger partial charge in [-0.2, -0.15) is 0 Å². The first-order chi connectivity index (χ1) is 15.7. The van der Waals surface area contributed by atoms with Crippen molar-refractivity contribution in [2.24, 2.45) is 4.99 Å². The largest absolute Gasteiger partial charge is 0.497 e. The Kier molecular flexibility index (Phi) is 7.83. The number of methoxy groups -OCH3 is 1. The van der Waals surface area contributed by atoms with Gasteiger partial charge in [0.25, 0.3) is 0 Å². The van der Waals surface area contributed by atoms with Gasteiger partial charge in [-0.15, -0.1) is 0 Å². The Hall–Kier alpha value is -2.36. The number of pyridine rings is 1. The lowest BCUT2D eigenvalue weighted by atomic mass is 9.84. The van der Waals surface area contributed by atoms with Gasteiger partial charge in [-0.25, -0.2) is 0 Å². The number of halogens is 2. The number of unbranched alkanes of at least 4 members (excludes halogenated alkanes) is 2. The summed E-state index contributed by atoms with van der Waals surface area (Å²) in [5.41, 5.74) is 5.82. The first-order valence-corrected chi connectivity index (χ1v) is 11.9. The molecule has 0 amide bonds. The highest BCUT2D eigenvalue weighted by atomic mass is 35.5. The number of hydrogen-bond acceptors (Lipinski definition) is 3. The monoisotopic (exact) mass is 466 g/mol. The number of fused-ring (bicyclic) bond motifs is 1. The normalized spacial score (nSPS) is 15.2. The van der Waals surface area contributed by atoms with Gasteiger partial charge in [0, 0.05) is 37.0 Å². The van der Waals surface area contributed by atoms with E-state index in [2.05, 4.69) is 47.4 Å². The van der Waals surface area contributed by atoms with Gasteiger partial charge in [-0.1, -0.05) is 66.4 Å². The molecule has 0 N–H and O–H groups in total. The smallest absolute Gasteiger partial charge is 0.119 e. The minimum atomic E-state index is 0.406. The zero-order valence-corrected chi connectivity index (χ0v) is 19.9. The minimum Gasteiger partial charge on any atom is -0.497 e. The molecule has 2 heterocycles. The van der Waals surface area contributed by atoms with Crippen molar-refractivity contribution in [3.8, 4) is 5.75 Å². The molecule has 3 aromatic rings. The molecule has 1 aliphatic heterocycles. The first-order valence-electron chi connectivity index (χ1n) is 11.2. The fraction of sp³-hybridized carbons (Fsp3) is 0.333. The lowest BCUT2D eigenvalue weighted by Crippen LogP contribution is -2.20. The Morgan fingerprint density at radius 2 is 1.75 bits per heavy atom. The van der Waals surface area contributed by atoms with Gasteiger partial charge in [0.2, 0.25) is 0 Å². The molecule has 0 saturated heterocycles. The van der Waals surface area contributed by atoms with Crippen molar-refractivity contribution in [3.05, 3.63) is 93.2 Å². The van der Waals surface area contributed by atoms with Gasteiger partial charge in [0.05, 0.1) is 17.2 Å². The maximum Gasteiger partial charge on any atom is 0.119 e. The molecule has 1 aromatic heterocycles. The zero-order valence-electron chi connectivity index (χ0n) is 18.4. The molecule has 0 spiro atoms. The van der Waals surface area contributed by atoms with Crippen LogP contribution >= 0.6 is 23.2 Å². The van der Waals surface area contributed by atoms with E-state index >= 15 is 0 Å². The number of hydrogen-bond donors (Lipinski definition) is 0. The van der Waals surface area contributed by atoms with Crippen LogP contribution in [0.1, 0.15) is 53.9 Å². The van der Waals surface area contributed by atoms with Crippen LogP contribution in [0.4, 0.5) is 0 Å². The van der Waals surface area contributed by atoms with E-state index in [0.717, 1.165) is 36.4 Å². The predicted molar refractivity (Wildman–Crippen MR) is 134 cm³/mol. The summed E-state index contributed by atoms with van der Waals surface area (Å²) in [4.78, 5) is 9.03. The Balaban J connectivity index is 1.44. The summed E-state index contributed by atoms with van der Waals surface area (Å²) in [6.45, 7) is 0.786. The third-order valence-electron chi connectivity index (χ3n) is 6.17. The van der Waals surface area contributed by atoms with Crippen LogP contribution < -0.4 is 4.74 Å². The van der Waals surface area contributed by atoms with Crippen LogP contribution in [0.2, 0.25) is 10.0 Å². The number of aromatic nitrogens is 1. The molecule has 0 radical (unpaired) electrons. The predicted octanol–water partition coefficient (Wildman–Crippen LogP) is 7.33. The third-order valence-corrected chi connectivity index (χ3v) is 6.82. The summed E-state index contributed by atoms with van der Waals surface area (Å²) < 4.78 is 5.52. The molecule has 1 aliphatic rings. The molecule has 1 atom stereocenters. The van der Waals surface area contributed by atoms with Crippen LogP contribution in [-0.2, 0) is 12.8 Å². The van der Waals surface area contributed by atoms with Crippen LogP contribution in [-0.4, -0.2) is 24.4 Å². The van der Waals surface area contributed by atoms with Gasteiger partial charge < -0.3 is 4.74 Å². The molecule has 1 unspecified atom stereocenters. The Morgan fingerprint density at radius 1 is 0.969 bits per heavy atom. The molecule has 3 nitrogen and oxygen atoms in total. The highest BCUT2D eigenvalue weighted by molar-refractivity contribution is 6.36. The fourth-order valence-corrected chi connectivity index (χ4v) is 4.88. The Morgan fingerprint density at radius 3 is 2.50 bits per heavy atom. The molecule has 0 fully saturated rings. The summed E-state index contributed by atoms with van der Waals surface area (Å²) in [5, 5.41) is 1.16. The molecule has 4 rings (SSSR count). The average molecular weight is 467 g/mol. The molecule has 32 heavy (non-hydrogen) atoms. The molecule has 166 valence electrons. The van der Waals surface area contributed by atoms with E-state index in [4.69, 9.17) is 32.9 Å². The Labute approximate surface area is 200 Å². The van der Waals surface area contributed by atoms with Gasteiger partial charge >= 0.3 is 0 Å². The molecule has 0 aliphatic carbocycles. The maximum atomic E-state index is 6.37. The van der Waals surface area contributed by atoms with Crippen LogP contribution in [0, 0.1) is 0 Å². The summed E-state index contributed by atoms with van der Waals surface area (Å²) in [5.74, 6) is 1.29. The van der Waals surface area contributed by atoms with Crippen molar-refractivity contribution in [1.82, 2.24) is 4.98 Å². The average Bonchev–Trinajstić information content (AvgIpc) is 2.82. The van der Waals surface area contributed by atoms with Gasteiger partial charge in [0.15, 0.2) is 0 Å². The van der Waals surface area contributed by atoms with Crippen molar-refractivity contribution in [3.63, 3.8) is 0 Å². The van der Waals surface area contributed by atoms with E-state index in [0.29, 0.717) is 22.4 Å². The number of benzene rings is 2. The van der Waals surface area contributed by atoms with Gasteiger partial charge in [0.1, 0.15) is 5.75 Å². The summed E-state index contributed by atoms with van der Waals surface area (Å²) in [6, 6.07) is 17.0. The number of aryl methyl sites for hydroxylation is 1. The second kappa shape index (κ2) is 11.0. The van der Waals surface area contributed by atoms with Crippen molar-refractivity contribution in [2.45, 2.75) is 44.4 Å². The summed E-state index contributed by atoms with van der Waals surface area (Å²) in [7, 11) is 1.72. The van der Waals surface area contributed by atoms with Gasteiger partial charge in [-0.3, -0.25) is 9.98 Å². The van der Waals surface area contributed by atoms with Crippen molar-refractivity contribution >= 4 is 28.9 Å². The molecular formula is C27H28Cl2N2O. The standard InChI is InChI=1S/C27H28Cl2N2O/c1-32-21-12-13-22-23(14-21)20(11-7-3-6-10-19-8-4-2-5-9-19)16-31-27(22)15-24-25(28)17-30-18-26(24)29/h2,4-5,8-9,12-14,17-18,20H,3,6-7,10-11,15-16H2,1H3. The Bertz CT molecular complexity index is 1060. The molecule has 2 aromatic carbocycles. The van der Waals surface area contributed by atoms with Crippen LogP contribution in [0.25, 0.3) is 0 Å². The van der Waals surface area contributed by atoms with Crippen LogP contribution in [0.15, 0.2) is 65.9 Å². The number of aliphatic imine (C=N–C) groups is 1. The zero-order chi connectivity index (χ0) is 22.3. The van der Waals surface area contributed by atoms with E-state index in [9.17, 15) is 0 Å². The highest BCUT2D eigenvalue weighted by Crippen LogP contribution is 2.35. The highest BCUT2D eigenvalue weighted by Gasteiger charge is 2.24. The van der Waals surface area contributed by atoms with E-state index in [-0.39, 0.29) is 0 Å². The molecule has 0 bridgehead atoms. The van der Waals surface area contributed by atoms with E-state index < -0.39 is 0 Å². The maximum absolute atomic E-state index is 6.37. The topological polar surface area (TPSA) is 34.5 Å². The van der Waals surface area contributed by atoms with Crippen molar-refractivity contribution in [2.75, 3.05) is 13.7 Å². The van der Waals surface area contributed by atoms with Crippen LogP contribution in [0.5, 0.6) is 5.75 Å². The second-order valence-electron chi connectivity index (χ2n) is 8.28. The molecule has 5 heteroatoms. The second-order valence-corrected chi connectivity index (χ2v) is 9.10. The van der Waals surface area contributed by atoms with Crippen molar-refractivity contribution < 1.29 is 4.74 Å². The quantitative estimate of drug-likeness (QED) is 0.309. The lowest BCUT2D eigenvalue weighted by Gasteiger charge is -2.26. The number of ether oxygens (including phenoxy) is 1. The first kappa shape index (κ1) is 22.8. The SMILES string of the molecule is COc1ccc2c(c1)C(CCCCCc1ccccc1)CN=C2Cc1c(Cl)cncc1Cl. The fourth-order valence-electron chi connectivity index (χ4n) is 4.39. The molecule has 0 saturated carbocycles. The summed E-state index contributed by atoms with van der Waals surface area (Å²) >= 11 is 12.7. The lowest BCUT2D eigenvalue weighted by molar-refractivity contribution is 0.413. The van der Waals surface area contributed by atoms with E-state index in [1.165, 1.54) is 36.0 Å². The molecular weight excluding hydrogens is 439 g/mol. The van der Waals surface area contributed by atoms with Crippen LogP contribution in [0.3, 0.4) is 0 Å². The third kappa shape index (κ3) is 5.51.